The molecule has 0 saturated carbocycles. The first-order valence-electron chi connectivity index (χ1n) is 2.49. The zero-order valence-corrected chi connectivity index (χ0v) is 5.69. The van der Waals surface area contributed by atoms with Crippen molar-refractivity contribution in [1.82, 2.24) is 0 Å². The number of aliphatic carboxylic acids is 1. The van der Waals surface area contributed by atoms with Crippen molar-refractivity contribution in [2.45, 2.75) is 13.3 Å². The van der Waals surface area contributed by atoms with Crippen molar-refractivity contribution in [3.63, 3.8) is 0 Å². The third kappa shape index (κ3) is 3.99. The SMILES string of the molecule is CC(CS)CC(=O)O. The van der Waals surface area contributed by atoms with E-state index < -0.39 is 5.97 Å². The van der Waals surface area contributed by atoms with Crippen molar-refractivity contribution in [2.24, 2.45) is 5.92 Å². The van der Waals surface area contributed by atoms with Crippen molar-refractivity contribution in [3.8, 4) is 0 Å². The van der Waals surface area contributed by atoms with Crippen molar-refractivity contribution in [2.75, 3.05) is 5.75 Å². The van der Waals surface area contributed by atoms with Gasteiger partial charge in [-0.2, -0.15) is 12.6 Å². The minimum absolute atomic E-state index is 0.191. The van der Waals surface area contributed by atoms with Gasteiger partial charge in [-0.15, -0.1) is 0 Å². The average Bonchev–Trinajstić information content (AvgIpc) is 1.65. The van der Waals surface area contributed by atoms with Crippen LogP contribution in [0.1, 0.15) is 13.3 Å². The molecule has 1 unspecified atom stereocenters. The van der Waals surface area contributed by atoms with Gasteiger partial charge in [0, 0.05) is 6.42 Å². The van der Waals surface area contributed by atoms with Crippen molar-refractivity contribution >= 4 is 18.6 Å². The number of hydrogen-bond donors (Lipinski definition) is 2. The largest absolute Gasteiger partial charge is 0.481 e. The Balaban J connectivity index is 3.24. The Morgan fingerprint density at radius 1 is 1.88 bits per heavy atom. The molecule has 0 aromatic rings. The standard InChI is InChI=1S/C5H10O2S/c1-4(3-8)2-5(6)7/h4,8H,2-3H2,1H3,(H,6,7). The Bertz CT molecular complexity index is 82.5. The molecule has 2 nitrogen and oxygen atoms in total. The number of carboxylic acid groups (broad SMARTS) is 1. The van der Waals surface area contributed by atoms with Crippen LogP contribution in [0.15, 0.2) is 0 Å². The van der Waals surface area contributed by atoms with Crippen LogP contribution in [0.3, 0.4) is 0 Å². The van der Waals surface area contributed by atoms with Crippen molar-refractivity contribution < 1.29 is 9.90 Å². The second kappa shape index (κ2) is 3.78. The lowest BCUT2D eigenvalue weighted by Gasteiger charge is -2.00. The highest BCUT2D eigenvalue weighted by Gasteiger charge is 2.03. The molecule has 0 saturated heterocycles. The van der Waals surface area contributed by atoms with Gasteiger partial charge in [0.15, 0.2) is 0 Å². The lowest BCUT2D eigenvalue weighted by Crippen LogP contribution is -2.04. The summed E-state index contributed by atoms with van der Waals surface area (Å²) in [5, 5.41) is 8.18. The maximum absolute atomic E-state index is 9.93. The molecule has 0 aliphatic rings. The van der Waals surface area contributed by atoms with Gasteiger partial charge in [-0.05, 0) is 11.7 Å². The van der Waals surface area contributed by atoms with E-state index in [0.717, 1.165) is 0 Å². The highest BCUT2D eigenvalue weighted by atomic mass is 32.1. The first-order valence-corrected chi connectivity index (χ1v) is 3.12. The first-order chi connectivity index (χ1) is 3.66. The maximum atomic E-state index is 9.93. The van der Waals surface area contributed by atoms with Gasteiger partial charge in [-0.3, -0.25) is 4.79 Å². The first kappa shape index (κ1) is 7.82. The summed E-state index contributed by atoms with van der Waals surface area (Å²) in [5.74, 6) is 0.0918. The fourth-order valence-electron chi connectivity index (χ4n) is 0.363. The van der Waals surface area contributed by atoms with Crippen LogP contribution in [0.4, 0.5) is 0 Å². The topological polar surface area (TPSA) is 37.3 Å². The molecule has 1 N–H and O–H groups in total. The molecule has 1 atom stereocenters. The van der Waals surface area contributed by atoms with Crippen LogP contribution < -0.4 is 0 Å². The quantitative estimate of drug-likeness (QED) is 0.566. The number of thiol groups is 1. The van der Waals surface area contributed by atoms with E-state index in [1.165, 1.54) is 0 Å². The molecule has 8 heavy (non-hydrogen) atoms. The molecule has 0 amide bonds. The van der Waals surface area contributed by atoms with Crippen LogP contribution in [0.2, 0.25) is 0 Å². The van der Waals surface area contributed by atoms with E-state index in [4.69, 9.17) is 5.11 Å². The van der Waals surface area contributed by atoms with Crippen LogP contribution >= 0.6 is 12.6 Å². The second-order valence-corrected chi connectivity index (χ2v) is 2.25. The summed E-state index contributed by atoms with van der Waals surface area (Å²) in [4.78, 5) is 9.93. The van der Waals surface area contributed by atoms with E-state index in [0.29, 0.717) is 5.75 Å². The molecule has 0 fully saturated rings. The zero-order chi connectivity index (χ0) is 6.57. The Morgan fingerprint density at radius 2 is 2.38 bits per heavy atom. The Hall–Kier alpha value is -0.180. The Morgan fingerprint density at radius 3 is 2.50 bits per heavy atom. The predicted octanol–water partition coefficient (Wildman–Crippen LogP) is 1.03. The molecule has 0 spiro atoms. The van der Waals surface area contributed by atoms with Gasteiger partial charge in [0.1, 0.15) is 0 Å². The molecule has 0 aliphatic carbocycles. The predicted molar refractivity (Wildman–Crippen MR) is 35.3 cm³/mol. The molecule has 0 bridgehead atoms. The second-order valence-electron chi connectivity index (χ2n) is 1.89. The van der Waals surface area contributed by atoms with Crippen LogP contribution in [-0.2, 0) is 4.79 Å². The van der Waals surface area contributed by atoms with Crippen molar-refractivity contribution in [3.05, 3.63) is 0 Å². The normalized spacial score (nSPS) is 13.2. The van der Waals surface area contributed by atoms with Gasteiger partial charge in [0.05, 0.1) is 0 Å². The Kier molecular flexibility index (Phi) is 3.69. The zero-order valence-electron chi connectivity index (χ0n) is 4.79. The summed E-state index contributed by atoms with van der Waals surface area (Å²) >= 11 is 3.93. The van der Waals surface area contributed by atoms with E-state index in [-0.39, 0.29) is 12.3 Å². The van der Waals surface area contributed by atoms with Crippen molar-refractivity contribution in [1.29, 1.82) is 0 Å². The van der Waals surface area contributed by atoms with E-state index in [1.807, 2.05) is 6.92 Å². The summed E-state index contributed by atoms with van der Waals surface area (Å²) in [6.07, 6.45) is 0.226. The summed E-state index contributed by atoms with van der Waals surface area (Å²) in [7, 11) is 0. The fourth-order valence-corrected chi connectivity index (χ4v) is 0.492. The minimum atomic E-state index is -0.744. The molecule has 0 aromatic carbocycles. The van der Waals surface area contributed by atoms with E-state index in [2.05, 4.69) is 12.6 Å². The third-order valence-electron chi connectivity index (χ3n) is 0.835. The molecule has 0 radical (unpaired) electrons. The molecule has 48 valence electrons. The molecular formula is C5H10O2S. The van der Waals surface area contributed by atoms with Gasteiger partial charge >= 0.3 is 5.97 Å². The van der Waals surface area contributed by atoms with Gasteiger partial charge < -0.3 is 5.11 Å². The van der Waals surface area contributed by atoms with E-state index in [1.54, 1.807) is 0 Å². The summed E-state index contributed by atoms with van der Waals surface area (Å²) < 4.78 is 0. The monoisotopic (exact) mass is 134 g/mol. The lowest BCUT2D eigenvalue weighted by atomic mass is 10.1. The summed E-state index contributed by atoms with van der Waals surface area (Å²) in [5.41, 5.74) is 0. The molecule has 0 heterocycles. The number of hydrogen-bond acceptors (Lipinski definition) is 2. The lowest BCUT2D eigenvalue weighted by molar-refractivity contribution is -0.137. The van der Waals surface area contributed by atoms with Crippen LogP contribution in [0, 0.1) is 5.92 Å². The van der Waals surface area contributed by atoms with E-state index >= 15 is 0 Å². The van der Waals surface area contributed by atoms with E-state index in [9.17, 15) is 4.79 Å². The summed E-state index contributed by atoms with van der Waals surface area (Å²) in [6, 6.07) is 0. The Labute approximate surface area is 54.3 Å². The highest BCUT2D eigenvalue weighted by Crippen LogP contribution is 2.01. The van der Waals surface area contributed by atoms with Gasteiger partial charge in [0.25, 0.3) is 0 Å². The minimum Gasteiger partial charge on any atom is -0.481 e. The van der Waals surface area contributed by atoms with Crippen LogP contribution in [0.25, 0.3) is 0 Å². The maximum Gasteiger partial charge on any atom is 0.303 e. The molecule has 0 aromatic heterocycles. The number of carbonyl (C=O) groups is 1. The van der Waals surface area contributed by atoms with Gasteiger partial charge in [-0.1, -0.05) is 6.92 Å². The highest BCUT2D eigenvalue weighted by molar-refractivity contribution is 7.80. The summed E-state index contributed by atoms with van der Waals surface area (Å²) in [6.45, 7) is 1.86. The number of carboxylic acids is 1. The van der Waals surface area contributed by atoms with Gasteiger partial charge in [0.2, 0.25) is 0 Å². The van der Waals surface area contributed by atoms with Crippen LogP contribution in [0.5, 0.6) is 0 Å². The fraction of sp³-hybridized carbons (Fsp3) is 0.800. The molecule has 0 rings (SSSR count). The van der Waals surface area contributed by atoms with Crippen LogP contribution in [-0.4, -0.2) is 16.8 Å². The van der Waals surface area contributed by atoms with Gasteiger partial charge in [-0.25, -0.2) is 0 Å². The smallest absolute Gasteiger partial charge is 0.303 e. The third-order valence-corrected chi connectivity index (χ3v) is 1.46. The number of rotatable bonds is 3. The molecule has 0 aliphatic heterocycles. The average molecular weight is 134 g/mol. The molecular weight excluding hydrogens is 124 g/mol. The molecule has 3 heteroatoms.